The highest BCUT2D eigenvalue weighted by molar-refractivity contribution is 5.53. The van der Waals surface area contributed by atoms with Crippen molar-refractivity contribution < 1.29 is 20.4 Å². The lowest BCUT2D eigenvalue weighted by Gasteiger charge is -2.27. The minimum Gasteiger partial charge on any atom is -0.504 e. The Balaban J connectivity index is 2.80. The van der Waals surface area contributed by atoms with Gasteiger partial charge >= 0.3 is 0 Å². The molecule has 0 aliphatic carbocycles. The van der Waals surface area contributed by atoms with Crippen LogP contribution in [0.2, 0.25) is 0 Å². The molecule has 0 saturated carbocycles. The molecule has 1 aromatic rings. The SMILES string of the molecule is CCC(C)(CO)NCc1ccc(O)c(O)c1O. The van der Waals surface area contributed by atoms with Gasteiger partial charge in [0.25, 0.3) is 0 Å². The molecule has 0 aliphatic heterocycles. The third-order valence-corrected chi connectivity index (χ3v) is 3.05. The van der Waals surface area contributed by atoms with Gasteiger partial charge in [0.15, 0.2) is 11.5 Å². The fourth-order valence-corrected chi connectivity index (χ4v) is 1.35. The minimum absolute atomic E-state index is 0.0195. The number of nitrogens with one attached hydrogen (secondary N) is 1. The van der Waals surface area contributed by atoms with Crippen molar-refractivity contribution in [3.63, 3.8) is 0 Å². The molecule has 0 radical (unpaired) electrons. The van der Waals surface area contributed by atoms with Crippen LogP contribution in [0.3, 0.4) is 0 Å². The number of rotatable bonds is 5. The Labute approximate surface area is 100 Å². The number of benzene rings is 1. The molecule has 0 heterocycles. The Morgan fingerprint density at radius 3 is 2.35 bits per heavy atom. The average Bonchev–Trinajstić information content (AvgIpc) is 2.35. The zero-order valence-electron chi connectivity index (χ0n) is 10.1. The fraction of sp³-hybridized carbons (Fsp3) is 0.500. The summed E-state index contributed by atoms with van der Waals surface area (Å²) in [6.45, 7) is 4.08. The molecule has 5 nitrogen and oxygen atoms in total. The zero-order valence-corrected chi connectivity index (χ0v) is 10.1. The summed E-state index contributed by atoms with van der Waals surface area (Å²) in [6.07, 6.45) is 0.730. The summed E-state index contributed by atoms with van der Waals surface area (Å²) in [6, 6.07) is 2.83. The van der Waals surface area contributed by atoms with Crippen LogP contribution >= 0.6 is 0 Å². The first kappa shape index (κ1) is 13.6. The van der Waals surface area contributed by atoms with Crippen molar-refractivity contribution in [3.8, 4) is 17.2 Å². The Morgan fingerprint density at radius 1 is 1.18 bits per heavy atom. The molecule has 1 unspecified atom stereocenters. The maximum absolute atomic E-state index is 9.61. The van der Waals surface area contributed by atoms with E-state index in [2.05, 4.69) is 5.32 Å². The largest absolute Gasteiger partial charge is 0.504 e. The maximum atomic E-state index is 9.61. The predicted octanol–water partition coefficient (Wildman–Crippen LogP) is 1.05. The molecule has 0 saturated heterocycles. The number of aliphatic hydroxyl groups excluding tert-OH is 1. The van der Waals surface area contributed by atoms with Gasteiger partial charge in [0.05, 0.1) is 6.61 Å². The standard InChI is InChI=1S/C12H19NO4/c1-3-12(2,7-14)13-6-8-4-5-9(15)11(17)10(8)16/h4-5,13-17H,3,6-7H2,1-2H3. The number of hydrogen-bond donors (Lipinski definition) is 5. The second-order valence-corrected chi connectivity index (χ2v) is 4.37. The molecule has 5 N–H and O–H groups in total. The highest BCUT2D eigenvalue weighted by Crippen LogP contribution is 2.37. The number of aromatic hydroxyl groups is 3. The van der Waals surface area contributed by atoms with Gasteiger partial charge in [0.1, 0.15) is 0 Å². The summed E-state index contributed by atoms with van der Waals surface area (Å²) < 4.78 is 0. The van der Waals surface area contributed by atoms with Crippen LogP contribution in [0.15, 0.2) is 12.1 Å². The summed E-state index contributed by atoms with van der Waals surface area (Å²) in [7, 11) is 0. The second-order valence-electron chi connectivity index (χ2n) is 4.37. The monoisotopic (exact) mass is 241 g/mol. The van der Waals surface area contributed by atoms with Gasteiger partial charge in [-0.1, -0.05) is 13.0 Å². The van der Waals surface area contributed by atoms with Crippen molar-refractivity contribution in [1.82, 2.24) is 5.32 Å². The van der Waals surface area contributed by atoms with Crippen LogP contribution in [-0.2, 0) is 6.54 Å². The smallest absolute Gasteiger partial charge is 0.200 e. The van der Waals surface area contributed by atoms with Crippen LogP contribution in [-0.4, -0.2) is 32.6 Å². The minimum atomic E-state index is -0.522. The molecule has 17 heavy (non-hydrogen) atoms. The third-order valence-electron chi connectivity index (χ3n) is 3.05. The van der Waals surface area contributed by atoms with Gasteiger partial charge in [-0.2, -0.15) is 0 Å². The fourth-order valence-electron chi connectivity index (χ4n) is 1.35. The van der Waals surface area contributed by atoms with Crippen LogP contribution in [0.1, 0.15) is 25.8 Å². The number of aliphatic hydroxyl groups is 1. The quantitative estimate of drug-likeness (QED) is 0.497. The average molecular weight is 241 g/mol. The molecular formula is C12H19NO4. The number of phenols is 3. The van der Waals surface area contributed by atoms with Crippen molar-refractivity contribution in [2.75, 3.05) is 6.61 Å². The van der Waals surface area contributed by atoms with Crippen molar-refractivity contribution in [3.05, 3.63) is 17.7 Å². The molecular weight excluding hydrogens is 222 g/mol. The number of hydrogen-bond acceptors (Lipinski definition) is 5. The van der Waals surface area contributed by atoms with Crippen LogP contribution in [0.5, 0.6) is 17.2 Å². The lowest BCUT2D eigenvalue weighted by Crippen LogP contribution is -2.44. The van der Waals surface area contributed by atoms with E-state index in [0.717, 1.165) is 6.42 Å². The van der Waals surface area contributed by atoms with E-state index in [-0.39, 0.29) is 18.1 Å². The van der Waals surface area contributed by atoms with E-state index in [9.17, 15) is 20.4 Å². The summed E-state index contributed by atoms with van der Waals surface area (Å²) in [5.41, 5.74) is 0.0355. The van der Waals surface area contributed by atoms with Crippen molar-refractivity contribution in [1.29, 1.82) is 0 Å². The zero-order chi connectivity index (χ0) is 13.1. The van der Waals surface area contributed by atoms with E-state index in [1.165, 1.54) is 12.1 Å². The molecule has 0 bridgehead atoms. The second kappa shape index (κ2) is 5.25. The summed E-state index contributed by atoms with van der Waals surface area (Å²) in [5.74, 6) is -1.22. The first-order valence-electron chi connectivity index (χ1n) is 5.52. The van der Waals surface area contributed by atoms with Crippen LogP contribution in [0.25, 0.3) is 0 Å². The van der Waals surface area contributed by atoms with Crippen molar-refractivity contribution in [2.24, 2.45) is 0 Å². The highest BCUT2D eigenvalue weighted by Gasteiger charge is 2.21. The van der Waals surface area contributed by atoms with E-state index in [1.54, 1.807) is 0 Å². The molecule has 1 aromatic carbocycles. The molecule has 0 amide bonds. The summed E-state index contributed by atoms with van der Waals surface area (Å²) in [5, 5.41) is 40.4. The topological polar surface area (TPSA) is 93.0 Å². The first-order chi connectivity index (χ1) is 7.93. The van der Waals surface area contributed by atoms with Gasteiger partial charge in [0.2, 0.25) is 5.75 Å². The molecule has 1 rings (SSSR count). The van der Waals surface area contributed by atoms with Gasteiger partial charge in [-0.15, -0.1) is 0 Å². The summed E-state index contributed by atoms with van der Waals surface area (Å²) >= 11 is 0. The first-order valence-corrected chi connectivity index (χ1v) is 5.52. The molecule has 5 heteroatoms. The predicted molar refractivity (Wildman–Crippen MR) is 64.1 cm³/mol. The molecule has 0 fully saturated rings. The highest BCUT2D eigenvalue weighted by atomic mass is 16.3. The summed E-state index contributed by atoms with van der Waals surface area (Å²) in [4.78, 5) is 0. The molecule has 0 spiro atoms. The molecule has 0 aliphatic rings. The normalized spacial score (nSPS) is 14.5. The van der Waals surface area contributed by atoms with E-state index in [4.69, 9.17) is 0 Å². The Bertz CT molecular complexity index is 388. The number of phenolic OH excluding ortho intramolecular Hbond substituents is 3. The molecule has 0 aromatic heterocycles. The van der Waals surface area contributed by atoms with E-state index >= 15 is 0 Å². The van der Waals surface area contributed by atoms with Crippen LogP contribution < -0.4 is 5.32 Å². The third kappa shape index (κ3) is 3.01. The molecule has 1 atom stereocenters. The van der Waals surface area contributed by atoms with Crippen molar-refractivity contribution in [2.45, 2.75) is 32.4 Å². The van der Waals surface area contributed by atoms with Gasteiger partial charge in [-0.3, -0.25) is 0 Å². The van der Waals surface area contributed by atoms with E-state index in [1.807, 2.05) is 13.8 Å². The van der Waals surface area contributed by atoms with E-state index < -0.39 is 11.3 Å². The maximum Gasteiger partial charge on any atom is 0.200 e. The molecule has 96 valence electrons. The van der Waals surface area contributed by atoms with Gasteiger partial charge in [-0.25, -0.2) is 0 Å². The Morgan fingerprint density at radius 2 is 1.82 bits per heavy atom. The van der Waals surface area contributed by atoms with Gasteiger partial charge in [0, 0.05) is 17.6 Å². The Kier molecular flexibility index (Phi) is 4.20. The van der Waals surface area contributed by atoms with Crippen LogP contribution in [0.4, 0.5) is 0 Å². The lowest BCUT2D eigenvalue weighted by atomic mass is 9.99. The van der Waals surface area contributed by atoms with Gasteiger partial charge in [-0.05, 0) is 19.4 Å². The van der Waals surface area contributed by atoms with Gasteiger partial charge < -0.3 is 25.7 Å². The van der Waals surface area contributed by atoms with Crippen LogP contribution in [0, 0.1) is 0 Å². The van der Waals surface area contributed by atoms with E-state index in [0.29, 0.717) is 12.1 Å². The van der Waals surface area contributed by atoms with Crippen molar-refractivity contribution >= 4 is 0 Å². The lowest BCUT2D eigenvalue weighted by molar-refractivity contribution is 0.168. The Hall–Kier alpha value is -1.46.